The summed E-state index contributed by atoms with van der Waals surface area (Å²) >= 11 is 0. The van der Waals surface area contributed by atoms with Crippen LogP contribution in [0.15, 0.2) is 60.7 Å². The van der Waals surface area contributed by atoms with Crippen molar-refractivity contribution in [1.82, 2.24) is 4.90 Å². The molecule has 2 aromatic rings. The predicted octanol–water partition coefficient (Wildman–Crippen LogP) is 5.54. The van der Waals surface area contributed by atoms with Gasteiger partial charge in [-0.15, -0.1) is 0 Å². The van der Waals surface area contributed by atoms with Crippen LogP contribution in [0.4, 0.5) is 4.79 Å². The monoisotopic (exact) mass is 437 g/mol. The predicted molar refractivity (Wildman–Crippen MR) is 125 cm³/mol. The summed E-state index contributed by atoms with van der Waals surface area (Å²) in [5.41, 5.74) is 2.57. The van der Waals surface area contributed by atoms with Crippen LogP contribution in [0.2, 0.25) is 0 Å². The van der Waals surface area contributed by atoms with Crippen molar-refractivity contribution < 1.29 is 19.0 Å². The molecule has 4 rings (SSSR count). The van der Waals surface area contributed by atoms with Crippen LogP contribution in [0.1, 0.15) is 56.1 Å². The molecule has 0 spiro atoms. The molecule has 32 heavy (non-hydrogen) atoms. The van der Waals surface area contributed by atoms with Crippen LogP contribution in [-0.2, 0) is 20.8 Å². The molecule has 2 aromatic carbocycles. The van der Waals surface area contributed by atoms with Crippen LogP contribution in [0, 0.1) is 0 Å². The number of nitrogens with zero attached hydrogens (tertiary/aromatic N) is 1. The number of benzene rings is 2. The topological polar surface area (TPSA) is 48.0 Å². The SMILES string of the molecule is COC(=O)N1[C@H](C)CC(OCc2ccccc2)[C@@H]1CO[C@H]1CC[C@@H](c2ccccc2)CC1. The van der Waals surface area contributed by atoms with Crippen molar-refractivity contribution in [3.8, 4) is 0 Å². The first-order chi connectivity index (χ1) is 15.7. The summed E-state index contributed by atoms with van der Waals surface area (Å²) in [6.07, 6.45) is 5.05. The number of hydrogen-bond acceptors (Lipinski definition) is 4. The van der Waals surface area contributed by atoms with Gasteiger partial charge in [-0.05, 0) is 56.1 Å². The highest BCUT2D eigenvalue weighted by molar-refractivity contribution is 5.69. The quantitative estimate of drug-likeness (QED) is 0.570. The number of carbonyl (C=O) groups excluding carboxylic acids is 1. The van der Waals surface area contributed by atoms with Crippen molar-refractivity contribution in [1.29, 1.82) is 0 Å². The minimum Gasteiger partial charge on any atom is -0.453 e. The van der Waals surface area contributed by atoms with E-state index < -0.39 is 0 Å². The van der Waals surface area contributed by atoms with Gasteiger partial charge in [0.2, 0.25) is 0 Å². The Labute approximate surface area is 191 Å². The van der Waals surface area contributed by atoms with Crippen LogP contribution in [0.25, 0.3) is 0 Å². The molecule has 3 atom stereocenters. The number of carbonyl (C=O) groups is 1. The van der Waals surface area contributed by atoms with Crippen molar-refractivity contribution >= 4 is 6.09 Å². The maximum absolute atomic E-state index is 12.5. The molecule has 1 heterocycles. The fraction of sp³-hybridized carbons (Fsp3) is 0.519. The Bertz CT molecular complexity index is 835. The maximum Gasteiger partial charge on any atom is 0.410 e. The van der Waals surface area contributed by atoms with Gasteiger partial charge in [-0.2, -0.15) is 0 Å². The second-order valence-electron chi connectivity index (χ2n) is 9.08. The number of likely N-dealkylation sites (tertiary alicyclic amines) is 1. The number of ether oxygens (including phenoxy) is 3. The average molecular weight is 438 g/mol. The van der Waals surface area contributed by atoms with E-state index in [2.05, 4.69) is 49.4 Å². The third-order valence-electron chi connectivity index (χ3n) is 6.97. The van der Waals surface area contributed by atoms with Gasteiger partial charge in [0.05, 0.1) is 38.6 Å². The molecule has 1 saturated heterocycles. The Morgan fingerprint density at radius 3 is 2.25 bits per heavy atom. The molecule has 0 radical (unpaired) electrons. The van der Waals surface area contributed by atoms with E-state index in [9.17, 15) is 4.79 Å². The highest BCUT2D eigenvalue weighted by Gasteiger charge is 2.43. The zero-order valence-electron chi connectivity index (χ0n) is 19.2. The number of methoxy groups -OCH3 is 1. The van der Waals surface area contributed by atoms with E-state index in [-0.39, 0.29) is 30.4 Å². The lowest BCUT2D eigenvalue weighted by Crippen LogP contribution is -2.46. The average Bonchev–Trinajstić information content (AvgIpc) is 3.17. The summed E-state index contributed by atoms with van der Waals surface area (Å²) in [5, 5.41) is 0. The molecule has 0 aromatic heterocycles. The van der Waals surface area contributed by atoms with Crippen LogP contribution in [0.5, 0.6) is 0 Å². The lowest BCUT2D eigenvalue weighted by Gasteiger charge is -2.33. The Morgan fingerprint density at radius 2 is 1.59 bits per heavy atom. The van der Waals surface area contributed by atoms with Crippen molar-refractivity contribution in [3.05, 3.63) is 71.8 Å². The minimum atomic E-state index is -0.301. The summed E-state index contributed by atoms with van der Waals surface area (Å²) < 4.78 is 17.7. The molecule has 172 valence electrons. The van der Waals surface area contributed by atoms with E-state index in [0.717, 1.165) is 37.7 Å². The van der Waals surface area contributed by atoms with Crippen LogP contribution in [0.3, 0.4) is 0 Å². The summed E-state index contributed by atoms with van der Waals surface area (Å²) in [4.78, 5) is 14.3. The van der Waals surface area contributed by atoms with E-state index in [1.807, 2.05) is 23.1 Å². The zero-order valence-corrected chi connectivity index (χ0v) is 19.2. The minimum absolute atomic E-state index is 0.0608. The fourth-order valence-corrected chi connectivity index (χ4v) is 5.20. The molecular formula is C27H35NO4. The molecular weight excluding hydrogens is 402 g/mol. The normalized spacial score (nSPS) is 27.9. The van der Waals surface area contributed by atoms with Gasteiger partial charge in [0, 0.05) is 6.04 Å². The summed E-state index contributed by atoms with van der Waals surface area (Å²) in [5.74, 6) is 0.621. The maximum atomic E-state index is 12.5. The molecule has 1 unspecified atom stereocenters. The standard InChI is InChI=1S/C27H35NO4/c1-20-17-26(32-18-21-9-5-3-6-10-21)25(28(20)27(29)30-2)19-31-24-15-13-23(14-16-24)22-11-7-4-8-12-22/h3-12,20,23-26H,13-19H2,1-2H3/t20-,23-,24+,25+,26?/m1/s1. The van der Waals surface area contributed by atoms with E-state index in [1.165, 1.54) is 12.7 Å². The van der Waals surface area contributed by atoms with Gasteiger partial charge in [-0.25, -0.2) is 4.79 Å². The Balaban J connectivity index is 1.34. The van der Waals surface area contributed by atoms with Crippen LogP contribution in [-0.4, -0.2) is 49.0 Å². The fourth-order valence-electron chi connectivity index (χ4n) is 5.20. The van der Waals surface area contributed by atoms with E-state index in [4.69, 9.17) is 14.2 Å². The molecule has 1 aliphatic heterocycles. The summed E-state index contributed by atoms with van der Waals surface area (Å²) in [6.45, 7) is 3.08. The molecule has 1 amide bonds. The summed E-state index contributed by atoms with van der Waals surface area (Å²) in [6, 6.07) is 20.9. The Kier molecular flexibility index (Phi) is 7.82. The van der Waals surface area contributed by atoms with E-state index >= 15 is 0 Å². The van der Waals surface area contributed by atoms with Gasteiger partial charge in [0.1, 0.15) is 0 Å². The first-order valence-corrected chi connectivity index (χ1v) is 11.8. The van der Waals surface area contributed by atoms with Gasteiger partial charge in [0.25, 0.3) is 0 Å². The van der Waals surface area contributed by atoms with E-state index in [1.54, 1.807) is 0 Å². The molecule has 5 nitrogen and oxygen atoms in total. The van der Waals surface area contributed by atoms with Crippen molar-refractivity contribution in [2.45, 2.75) is 75.8 Å². The number of rotatable bonds is 7. The van der Waals surface area contributed by atoms with Gasteiger partial charge in [0.15, 0.2) is 0 Å². The third kappa shape index (κ3) is 5.51. The molecule has 2 aliphatic rings. The first-order valence-electron chi connectivity index (χ1n) is 11.8. The Hall–Kier alpha value is -2.37. The second kappa shape index (κ2) is 11.0. The zero-order chi connectivity index (χ0) is 22.3. The smallest absolute Gasteiger partial charge is 0.410 e. The highest BCUT2D eigenvalue weighted by atomic mass is 16.5. The number of hydrogen-bond donors (Lipinski definition) is 0. The largest absolute Gasteiger partial charge is 0.453 e. The van der Waals surface area contributed by atoms with Crippen molar-refractivity contribution in [3.63, 3.8) is 0 Å². The molecule has 0 N–H and O–H groups in total. The first kappa shape index (κ1) is 22.8. The lowest BCUT2D eigenvalue weighted by atomic mass is 9.83. The van der Waals surface area contributed by atoms with E-state index in [0.29, 0.717) is 19.1 Å². The van der Waals surface area contributed by atoms with Crippen LogP contribution < -0.4 is 0 Å². The highest BCUT2D eigenvalue weighted by Crippen LogP contribution is 2.35. The van der Waals surface area contributed by atoms with Gasteiger partial charge < -0.3 is 14.2 Å². The molecule has 1 saturated carbocycles. The van der Waals surface area contributed by atoms with Gasteiger partial charge in [-0.3, -0.25) is 4.90 Å². The van der Waals surface area contributed by atoms with Crippen molar-refractivity contribution in [2.75, 3.05) is 13.7 Å². The molecule has 0 bridgehead atoms. The molecule has 5 heteroatoms. The number of amides is 1. The molecule has 2 fully saturated rings. The van der Waals surface area contributed by atoms with Gasteiger partial charge in [-0.1, -0.05) is 60.7 Å². The summed E-state index contributed by atoms with van der Waals surface area (Å²) in [7, 11) is 1.44. The lowest BCUT2D eigenvalue weighted by molar-refractivity contribution is -0.0464. The van der Waals surface area contributed by atoms with Crippen LogP contribution >= 0.6 is 0 Å². The van der Waals surface area contributed by atoms with Gasteiger partial charge >= 0.3 is 6.09 Å². The second-order valence-corrected chi connectivity index (χ2v) is 9.08. The third-order valence-corrected chi connectivity index (χ3v) is 6.97. The Morgan fingerprint density at radius 1 is 0.938 bits per heavy atom. The van der Waals surface area contributed by atoms with Crippen molar-refractivity contribution in [2.24, 2.45) is 0 Å². The molecule has 1 aliphatic carbocycles.